The monoisotopic (exact) mass is 257 g/mol. The van der Waals surface area contributed by atoms with E-state index in [9.17, 15) is 4.39 Å². The van der Waals surface area contributed by atoms with E-state index in [1.807, 2.05) is 0 Å². The summed E-state index contributed by atoms with van der Waals surface area (Å²) in [5.74, 6) is -0.333. The Morgan fingerprint density at radius 1 is 1.50 bits per heavy atom. The molecule has 2 aromatic rings. The third kappa shape index (κ3) is 2.37. The number of halogens is 2. The number of benzene rings is 1. The molecule has 2 rings (SSSR count). The van der Waals surface area contributed by atoms with Crippen LogP contribution in [0.2, 0.25) is 5.02 Å². The summed E-state index contributed by atoms with van der Waals surface area (Å²) in [5, 5.41) is 4.09. The Bertz CT molecular complexity index is 455. The van der Waals surface area contributed by atoms with E-state index in [2.05, 4.69) is 9.59 Å². The molecule has 84 valence electrons. The van der Waals surface area contributed by atoms with Gasteiger partial charge in [-0.2, -0.15) is 0 Å². The van der Waals surface area contributed by atoms with Crippen molar-refractivity contribution in [3.05, 3.63) is 45.7 Å². The zero-order chi connectivity index (χ0) is 11.5. The van der Waals surface area contributed by atoms with Crippen LogP contribution in [0.5, 0.6) is 0 Å². The summed E-state index contributed by atoms with van der Waals surface area (Å²) in [4.78, 5) is 0.819. The molecule has 1 unspecified atom stereocenters. The number of hydrogen-bond donors (Lipinski definition) is 1. The minimum absolute atomic E-state index is 0.325. The van der Waals surface area contributed by atoms with Crippen LogP contribution >= 0.6 is 23.1 Å². The van der Waals surface area contributed by atoms with Gasteiger partial charge in [0, 0.05) is 16.6 Å². The quantitative estimate of drug-likeness (QED) is 0.920. The summed E-state index contributed by atoms with van der Waals surface area (Å²) in [7, 11) is 0. The van der Waals surface area contributed by atoms with Gasteiger partial charge in [-0.25, -0.2) is 4.39 Å². The van der Waals surface area contributed by atoms with Gasteiger partial charge in [0.2, 0.25) is 0 Å². The highest BCUT2D eigenvalue weighted by Crippen LogP contribution is 2.25. The molecule has 1 atom stereocenters. The number of nitrogens with zero attached hydrogens (tertiary/aromatic N) is 2. The average Bonchev–Trinajstić information content (AvgIpc) is 2.76. The largest absolute Gasteiger partial charge is 0.323 e. The van der Waals surface area contributed by atoms with Gasteiger partial charge in [-0.3, -0.25) is 0 Å². The second kappa shape index (κ2) is 4.86. The molecule has 0 saturated carbocycles. The molecule has 0 spiro atoms. The predicted molar refractivity (Wildman–Crippen MR) is 62.0 cm³/mol. The van der Waals surface area contributed by atoms with Crippen LogP contribution in [0.4, 0.5) is 4.39 Å². The van der Waals surface area contributed by atoms with Crippen molar-refractivity contribution in [1.29, 1.82) is 0 Å². The fourth-order valence-electron chi connectivity index (χ4n) is 1.39. The first-order valence-electron chi connectivity index (χ1n) is 4.64. The van der Waals surface area contributed by atoms with E-state index in [0.717, 1.165) is 4.88 Å². The molecular formula is C10H9ClFN3S. The first kappa shape index (κ1) is 11.4. The molecule has 0 aliphatic carbocycles. The molecular weight excluding hydrogens is 249 g/mol. The third-order valence-electron chi connectivity index (χ3n) is 2.23. The van der Waals surface area contributed by atoms with Crippen molar-refractivity contribution in [3.63, 3.8) is 0 Å². The van der Waals surface area contributed by atoms with Gasteiger partial charge < -0.3 is 5.73 Å². The maximum Gasteiger partial charge on any atom is 0.127 e. The van der Waals surface area contributed by atoms with E-state index in [1.165, 1.54) is 17.6 Å². The Balaban J connectivity index is 2.21. The normalized spacial score (nSPS) is 12.7. The molecule has 2 N–H and O–H groups in total. The van der Waals surface area contributed by atoms with Gasteiger partial charge >= 0.3 is 0 Å². The van der Waals surface area contributed by atoms with Gasteiger partial charge in [0.1, 0.15) is 5.82 Å². The fourth-order valence-corrected chi connectivity index (χ4v) is 2.13. The molecule has 0 radical (unpaired) electrons. The topological polar surface area (TPSA) is 51.8 Å². The van der Waals surface area contributed by atoms with Crippen molar-refractivity contribution >= 4 is 23.1 Å². The van der Waals surface area contributed by atoms with Crippen LogP contribution in [0.3, 0.4) is 0 Å². The number of hydrogen-bond acceptors (Lipinski definition) is 4. The van der Waals surface area contributed by atoms with Crippen molar-refractivity contribution in [2.24, 2.45) is 5.73 Å². The maximum absolute atomic E-state index is 13.5. The van der Waals surface area contributed by atoms with Crippen LogP contribution in [-0.4, -0.2) is 9.59 Å². The van der Waals surface area contributed by atoms with Crippen LogP contribution in [0.1, 0.15) is 16.5 Å². The van der Waals surface area contributed by atoms with Gasteiger partial charge in [0.15, 0.2) is 0 Å². The molecule has 6 heteroatoms. The number of nitrogens with two attached hydrogens (primary N) is 1. The molecule has 0 bridgehead atoms. The molecule has 1 aromatic heterocycles. The molecule has 0 aliphatic rings. The lowest BCUT2D eigenvalue weighted by molar-refractivity contribution is 0.595. The predicted octanol–water partition coefficient (Wildman–Crippen LogP) is 2.57. The molecule has 0 aliphatic heterocycles. The van der Waals surface area contributed by atoms with Crippen molar-refractivity contribution in [2.45, 2.75) is 12.5 Å². The molecule has 1 heterocycles. The Morgan fingerprint density at radius 3 is 2.94 bits per heavy atom. The van der Waals surface area contributed by atoms with E-state index >= 15 is 0 Å². The van der Waals surface area contributed by atoms with E-state index in [1.54, 1.807) is 18.3 Å². The summed E-state index contributed by atoms with van der Waals surface area (Å²) in [6.45, 7) is 0. The van der Waals surface area contributed by atoms with Crippen LogP contribution in [0.25, 0.3) is 0 Å². The van der Waals surface area contributed by atoms with Crippen molar-refractivity contribution in [1.82, 2.24) is 9.59 Å². The second-order valence-electron chi connectivity index (χ2n) is 3.33. The standard InChI is InChI=1S/C10H9ClFN3S/c11-7-2-1-3-8(12)6(7)4-9(13)10-5-14-15-16-10/h1-3,5,9H,4,13H2. The molecule has 3 nitrogen and oxygen atoms in total. The maximum atomic E-state index is 13.5. The Morgan fingerprint density at radius 2 is 2.31 bits per heavy atom. The molecule has 16 heavy (non-hydrogen) atoms. The summed E-state index contributed by atoms with van der Waals surface area (Å²) in [6, 6.07) is 4.27. The summed E-state index contributed by atoms with van der Waals surface area (Å²) in [5.41, 5.74) is 6.35. The Kier molecular flexibility index (Phi) is 3.48. The van der Waals surface area contributed by atoms with E-state index < -0.39 is 0 Å². The van der Waals surface area contributed by atoms with Crippen LogP contribution in [-0.2, 0) is 6.42 Å². The van der Waals surface area contributed by atoms with Crippen molar-refractivity contribution in [3.8, 4) is 0 Å². The van der Waals surface area contributed by atoms with Crippen LogP contribution in [0.15, 0.2) is 24.4 Å². The van der Waals surface area contributed by atoms with Crippen molar-refractivity contribution < 1.29 is 4.39 Å². The highest BCUT2D eigenvalue weighted by Gasteiger charge is 2.14. The van der Waals surface area contributed by atoms with Gasteiger partial charge in [0.25, 0.3) is 0 Å². The lowest BCUT2D eigenvalue weighted by atomic mass is 10.1. The summed E-state index contributed by atoms with van der Waals surface area (Å²) < 4.78 is 17.2. The Labute approximate surface area is 101 Å². The lowest BCUT2D eigenvalue weighted by Gasteiger charge is -2.10. The molecule has 0 fully saturated rings. The van der Waals surface area contributed by atoms with Gasteiger partial charge in [-0.1, -0.05) is 22.2 Å². The smallest absolute Gasteiger partial charge is 0.127 e. The SMILES string of the molecule is NC(Cc1c(F)cccc1Cl)c1cnns1. The first-order chi connectivity index (χ1) is 7.68. The highest BCUT2D eigenvalue weighted by molar-refractivity contribution is 7.05. The molecule has 0 amide bonds. The van der Waals surface area contributed by atoms with Crippen LogP contribution in [0, 0.1) is 5.82 Å². The number of rotatable bonds is 3. The van der Waals surface area contributed by atoms with Crippen molar-refractivity contribution in [2.75, 3.05) is 0 Å². The highest BCUT2D eigenvalue weighted by atomic mass is 35.5. The van der Waals surface area contributed by atoms with Gasteiger partial charge in [0.05, 0.1) is 11.1 Å². The first-order valence-corrected chi connectivity index (χ1v) is 5.79. The van der Waals surface area contributed by atoms with Crippen LogP contribution < -0.4 is 5.73 Å². The van der Waals surface area contributed by atoms with Gasteiger partial charge in [-0.05, 0) is 30.1 Å². The summed E-state index contributed by atoms with van der Waals surface area (Å²) in [6.07, 6.45) is 1.93. The molecule has 1 aromatic carbocycles. The van der Waals surface area contributed by atoms with E-state index in [0.29, 0.717) is 17.0 Å². The summed E-state index contributed by atoms with van der Waals surface area (Å²) >= 11 is 7.12. The third-order valence-corrected chi connectivity index (χ3v) is 3.38. The van der Waals surface area contributed by atoms with E-state index in [-0.39, 0.29) is 11.9 Å². The lowest BCUT2D eigenvalue weighted by Crippen LogP contribution is -2.13. The minimum Gasteiger partial charge on any atom is -0.323 e. The zero-order valence-electron chi connectivity index (χ0n) is 8.23. The second-order valence-corrected chi connectivity index (χ2v) is 4.56. The van der Waals surface area contributed by atoms with E-state index in [4.69, 9.17) is 17.3 Å². The number of aromatic nitrogens is 2. The van der Waals surface area contributed by atoms with Gasteiger partial charge in [-0.15, -0.1) is 5.10 Å². The molecule has 0 saturated heterocycles. The zero-order valence-corrected chi connectivity index (χ0v) is 9.80. The Hall–Kier alpha value is -1.04. The average molecular weight is 258 g/mol. The fraction of sp³-hybridized carbons (Fsp3) is 0.200. The minimum atomic E-state index is -0.333.